The zero-order valence-electron chi connectivity index (χ0n) is 38.3. The summed E-state index contributed by atoms with van der Waals surface area (Å²) >= 11 is 0. The molecule has 0 aliphatic carbocycles. The van der Waals surface area contributed by atoms with Crippen molar-refractivity contribution in [3.05, 3.63) is 72.9 Å². The van der Waals surface area contributed by atoms with E-state index in [9.17, 15) is 34.8 Å². The van der Waals surface area contributed by atoms with E-state index in [-0.39, 0.29) is 19.4 Å². The van der Waals surface area contributed by atoms with Gasteiger partial charge in [-0.25, -0.2) is 4.79 Å². The van der Waals surface area contributed by atoms with E-state index in [4.69, 9.17) is 18.9 Å². The number of aliphatic hydroxyl groups is 3. The molecule has 0 aromatic carbocycles. The number of carboxylic acids is 1. The van der Waals surface area contributed by atoms with Gasteiger partial charge in [0.1, 0.15) is 24.9 Å². The molecule has 6 unspecified atom stereocenters. The number of rotatable bonds is 39. The normalized spacial score (nSPS) is 20.2. The van der Waals surface area contributed by atoms with Gasteiger partial charge in [0, 0.05) is 12.8 Å². The third-order valence-electron chi connectivity index (χ3n) is 10.5. The minimum absolute atomic E-state index is 0.161. The van der Waals surface area contributed by atoms with E-state index < -0.39 is 61.3 Å². The summed E-state index contributed by atoms with van der Waals surface area (Å²) in [4.78, 5) is 36.9. The van der Waals surface area contributed by atoms with Crippen LogP contribution in [0.3, 0.4) is 0 Å². The zero-order valence-corrected chi connectivity index (χ0v) is 38.3. The summed E-state index contributed by atoms with van der Waals surface area (Å²) in [6, 6.07) is 0. The van der Waals surface area contributed by atoms with Gasteiger partial charge in [0.2, 0.25) is 0 Å². The molecule has 0 bridgehead atoms. The summed E-state index contributed by atoms with van der Waals surface area (Å²) in [6.45, 7) is 3.65. The van der Waals surface area contributed by atoms with E-state index in [1.54, 1.807) is 0 Å². The van der Waals surface area contributed by atoms with Gasteiger partial charge in [-0.3, -0.25) is 9.59 Å². The van der Waals surface area contributed by atoms with Gasteiger partial charge in [0.05, 0.1) is 6.61 Å². The van der Waals surface area contributed by atoms with Crippen LogP contribution in [0.25, 0.3) is 0 Å². The van der Waals surface area contributed by atoms with Gasteiger partial charge in [-0.05, 0) is 83.5 Å². The Bertz CT molecular complexity index is 1300. The molecule has 354 valence electrons. The maximum atomic E-state index is 12.8. The van der Waals surface area contributed by atoms with Crippen molar-refractivity contribution >= 4 is 17.9 Å². The number of aliphatic hydroxyl groups excluding tert-OH is 3. The molecule has 0 aromatic rings. The predicted molar refractivity (Wildman–Crippen MR) is 247 cm³/mol. The molecule has 4 N–H and O–H groups in total. The second-order valence-electron chi connectivity index (χ2n) is 16.2. The van der Waals surface area contributed by atoms with Gasteiger partial charge in [-0.1, -0.05) is 157 Å². The lowest BCUT2D eigenvalue weighted by atomic mass is 9.99. The van der Waals surface area contributed by atoms with Crippen LogP contribution in [0, 0.1) is 0 Å². The summed E-state index contributed by atoms with van der Waals surface area (Å²) < 4.78 is 21.8. The fourth-order valence-electron chi connectivity index (χ4n) is 6.78. The highest BCUT2D eigenvalue weighted by atomic mass is 16.7. The molecule has 62 heavy (non-hydrogen) atoms. The Hall–Kier alpha value is -3.35. The average molecular weight is 873 g/mol. The number of carbonyl (C=O) groups is 3. The van der Waals surface area contributed by atoms with Crippen molar-refractivity contribution in [3.8, 4) is 0 Å². The second kappa shape index (κ2) is 40.4. The van der Waals surface area contributed by atoms with Gasteiger partial charge in [0.15, 0.2) is 18.5 Å². The minimum Gasteiger partial charge on any atom is -0.479 e. The van der Waals surface area contributed by atoms with Crippen molar-refractivity contribution in [2.24, 2.45) is 0 Å². The third-order valence-corrected chi connectivity index (χ3v) is 10.5. The van der Waals surface area contributed by atoms with Gasteiger partial charge in [-0.2, -0.15) is 0 Å². The van der Waals surface area contributed by atoms with Crippen molar-refractivity contribution in [2.75, 3.05) is 13.2 Å². The van der Waals surface area contributed by atoms with Crippen molar-refractivity contribution in [2.45, 2.75) is 218 Å². The number of aliphatic carboxylic acids is 1. The number of unbranched alkanes of at least 4 members (excludes halogenated alkanes) is 16. The lowest BCUT2D eigenvalue weighted by Crippen LogP contribution is -2.60. The first-order valence-electron chi connectivity index (χ1n) is 24.0. The van der Waals surface area contributed by atoms with Crippen LogP contribution in [0.15, 0.2) is 72.9 Å². The molecule has 0 radical (unpaired) electrons. The SMILES string of the molecule is CC/C=C\C/C=C\C/C=C\C/C=C\CCCCCCCCCCC(=O)OCC(COC1OC(C(=O)O)C(O)C(O)C1O)OC(=O)CCCCCCC/C=C\C/C=C\CCCCC. The maximum absolute atomic E-state index is 12.8. The Morgan fingerprint density at radius 1 is 0.516 bits per heavy atom. The first-order chi connectivity index (χ1) is 30.2. The number of carbonyl (C=O) groups excluding carboxylic acids is 2. The minimum atomic E-state index is -1.87. The number of carboxylic acid groups (broad SMARTS) is 1. The van der Waals surface area contributed by atoms with Gasteiger partial charge in [-0.15, -0.1) is 0 Å². The quantitative estimate of drug-likeness (QED) is 0.0263. The molecular weight excluding hydrogens is 789 g/mol. The maximum Gasteiger partial charge on any atom is 0.335 e. The highest BCUT2D eigenvalue weighted by Gasteiger charge is 2.47. The van der Waals surface area contributed by atoms with E-state index >= 15 is 0 Å². The molecule has 0 spiro atoms. The number of hydrogen-bond acceptors (Lipinski definition) is 10. The van der Waals surface area contributed by atoms with E-state index in [0.29, 0.717) is 12.8 Å². The number of esters is 2. The fourth-order valence-corrected chi connectivity index (χ4v) is 6.78. The Morgan fingerprint density at radius 3 is 1.44 bits per heavy atom. The highest BCUT2D eigenvalue weighted by Crippen LogP contribution is 2.23. The van der Waals surface area contributed by atoms with E-state index in [2.05, 4.69) is 86.8 Å². The highest BCUT2D eigenvalue weighted by molar-refractivity contribution is 5.73. The Balaban J connectivity index is 2.34. The lowest BCUT2D eigenvalue weighted by Gasteiger charge is -2.38. The molecule has 0 saturated carbocycles. The first-order valence-corrected chi connectivity index (χ1v) is 24.0. The molecule has 1 rings (SSSR count). The summed E-state index contributed by atoms with van der Waals surface area (Å²) in [5, 5.41) is 39.9. The van der Waals surface area contributed by atoms with Crippen LogP contribution in [-0.4, -0.2) is 88.4 Å². The molecule has 1 aliphatic rings. The Kier molecular flexibility index (Phi) is 36.9. The van der Waals surface area contributed by atoms with Crippen molar-refractivity contribution < 1.29 is 53.8 Å². The smallest absolute Gasteiger partial charge is 0.335 e. The average Bonchev–Trinajstić information content (AvgIpc) is 3.26. The van der Waals surface area contributed by atoms with Crippen LogP contribution < -0.4 is 0 Å². The number of hydrogen-bond donors (Lipinski definition) is 4. The predicted octanol–water partition coefficient (Wildman–Crippen LogP) is 10.9. The van der Waals surface area contributed by atoms with Crippen LogP contribution in [0.5, 0.6) is 0 Å². The van der Waals surface area contributed by atoms with Crippen LogP contribution in [-0.2, 0) is 33.3 Å². The zero-order chi connectivity index (χ0) is 45.3. The molecule has 11 nitrogen and oxygen atoms in total. The largest absolute Gasteiger partial charge is 0.479 e. The second-order valence-corrected chi connectivity index (χ2v) is 16.2. The van der Waals surface area contributed by atoms with Gasteiger partial charge < -0.3 is 39.4 Å². The van der Waals surface area contributed by atoms with Gasteiger partial charge >= 0.3 is 17.9 Å². The van der Waals surface area contributed by atoms with Crippen LogP contribution in [0.1, 0.15) is 181 Å². The van der Waals surface area contributed by atoms with Gasteiger partial charge in [0.25, 0.3) is 0 Å². The fraction of sp³-hybridized carbons (Fsp3) is 0.706. The number of allylic oxidation sites excluding steroid dienone is 12. The lowest BCUT2D eigenvalue weighted by molar-refractivity contribution is -0.298. The molecule has 6 atom stereocenters. The van der Waals surface area contributed by atoms with E-state index in [1.807, 2.05) is 0 Å². The first kappa shape index (κ1) is 56.7. The molecule has 1 saturated heterocycles. The van der Waals surface area contributed by atoms with Crippen molar-refractivity contribution in [1.29, 1.82) is 0 Å². The Morgan fingerprint density at radius 2 is 0.952 bits per heavy atom. The summed E-state index contributed by atoms with van der Waals surface area (Å²) in [5.41, 5.74) is 0. The molecular formula is C51H84O11. The molecule has 1 aliphatic heterocycles. The van der Waals surface area contributed by atoms with E-state index in [0.717, 1.165) is 96.3 Å². The molecule has 1 heterocycles. The topological polar surface area (TPSA) is 169 Å². The summed E-state index contributed by atoms with van der Waals surface area (Å²) in [6.07, 6.45) is 42.3. The standard InChI is InChI=1S/C51H84O11/c1-3-5-7-9-11-13-15-17-19-20-21-22-23-24-26-27-29-31-33-35-37-39-44(52)59-41-43(42-60-51-48(56)46(54)47(55)49(62-51)50(57)58)61-45(53)40-38-36-34-32-30-28-25-18-16-14-12-10-8-6-4-2/h5,7,11-14,17-19,21-22,25,43,46-49,51,54-56H,3-4,6,8-10,15-16,20,23-24,26-42H2,1-2H3,(H,57,58)/b7-5-,13-11-,14-12-,19-17-,22-21-,25-18-. The molecule has 0 amide bonds. The number of ether oxygens (including phenoxy) is 4. The van der Waals surface area contributed by atoms with Crippen LogP contribution >= 0.6 is 0 Å². The van der Waals surface area contributed by atoms with Crippen molar-refractivity contribution in [1.82, 2.24) is 0 Å². The summed E-state index contributed by atoms with van der Waals surface area (Å²) in [7, 11) is 0. The summed E-state index contributed by atoms with van der Waals surface area (Å²) in [5.74, 6) is -2.48. The Labute approximate surface area is 374 Å². The third kappa shape index (κ3) is 31.5. The molecule has 1 fully saturated rings. The molecule has 11 heteroatoms. The van der Waals surface area contributed by atoms with E-state index in [1.165, 1.54) is 44.9 Å². The molecule has 0 aromatic heterocycles. The van der Waals surface area contributed by atoms with Crippen molar-refractivity contribution in [3.63, 3.8) is 0 Å². The van der Waals surface area contributed by atoms with Crippen LogP contribution in [0.4, 0.5) is 0 Å². The van der Waals surface area contributed by atoms with Crippen LogP contribution in [0.2, 0.25) is 0 Å². The monoisotopic (exact) mass is 873 g/mol.